The van der Waals surface area contributed by atoms with E-state index in [4.69, 9.17) is 0 Å². The molecule has 0 radical (unpaired) electrons. The van der Waals surface area contributed by atoms with Gasteiger partial charge in [-0.15, -0.1) is 0 Å². The van der Waals surface area contributed by atoms with Crippen LogP contribution in [0.5, 0.6) is 0 Å². The fourth-order valence-electron chi connectivity index (χ4n) is 3.08. The first-order chi connectivity index (χ1) is 11.2. The van der Waals surface area contributed by atoms with Gasteiger partial charge in [0.15, 0.2) is 0 Å². The minimum atomic E-state index is -0.614. The summed E-state index contributed by atoms with van der Waals surface area (Å²) in [6.45, 7) is 2.25. The van der Waals surface area contributed by atoms with Crippen molar-refractivity contribution in [3.8, 4) is 11.1 Å². The molecule has 4 rings (SSSR count). The van der Waals surface area contributed by atoms with Gasteiger partial charge in [0, 0.05) is 24.2 Å². The molecular weight excluding hydrogens is 290 g/mol. The molecule has 6 heteroatoms. The summed E-state index contributed by atoms with van der Waals surface area (Å²) in [7, 11) is 0. The Bertz CT molecular complexity index is 873. The summed E-state index contributed by atoms with van der Waals surface area (Å²) < 4.78 is 1.75. The van der Waals surface area contributed by atoms with Gasteiger partial charge in [0.1, 0.15) is 18.4 Å². The highest BCUT2D eigenvalue weighted by Gasteiger charge is 2.37. The lowest BCUT2D eigenvalue weighted by molar-refractivity contribution is -0.124. The third-order valence-corrected chi connectivity index (χ3v) is 4.25. The predicted molar refractivity (Wildman–Crippen MR) is 84.3 cm³/mol. The number of fused-ring (bicyclic) bond motifs is 1. The number of amides is 1. The largest absolute Gasteiger partial charge is 0.340 e. The Labute approximate surface area is 133 Å². The highest BCUT2D eigenvalue weighted by Crippen LogP contribution is 2.33. The van der Waals surface area contributed by atoms with E-state index in [0.29, 0.717) is 0 Å². The second-order valence-corrected chi connectivity index (χ2v) is 5.76. The third-order valence-electron chi connectivity index (χ3n) is 4.25. The predicted octanol–water partition coefficient (Wildman–Crippen LogP) is 1.73. The fraction of sp³-hybridized carbons (Fsp3) is 0.176. The first-order valence-corrected chi connectivity index (χ1v) is 7.36. The molecule has 23 heavy (non-hydrogen) atoms. The van der Waals surface area contributed by atoms with E-state index < -0.39 is 5.54 Å². The molecule has 1 atom stereocenters. The summed E-state index contributed by atoms with van der Waals surface area (Å²) in [5, 5.41) is 7.34. The van der Waals surface area contributed by atoms with Crippen molar-refractivity contribution in [2.24, 2.45) is 0 Å². The van der Waals surface area contributed by atoms with E-state index in [-0.39, 0.29) is 12.5 Å². The van der Waals surface area contributed by atoms with Gasteiger partial charge in [-0.1, -0.05) is 18.2 Å². The molecule has 114 valence electrons. The molecule has 0 fully saturated rings. The van der Waals surface area contributed by atoms with Crippen molar-refractivity contribution in [3.05, 3.63) is 66.5 Å². The van der Waals surface area contributed by atoms with Gasteiger partial charge in [-0.25, -0.2) is 9.97 Å². The van der Waals surface area contributed by atoms with Gasteiger partial charge >= 0.3 is 0 Å². The molecule has 0 bridgehead atoms. The van der Waals surface area contributed by atoms with Gasteiger partial charge < -0.3 is 5.32 Å². The zero-order valence-electron chi connectivity index (χ0n) is 12.6. The van der Waals surface area contributed by atoms with Crippen LogP contribution in [0, 0.1) is 0 Å². The molecule has 6 nitrogen and oxygen atoms in total. The Morgan fingerprint density at radius 1 is 1.17 bits per heavy atom. The molecule has 2 aromatic heterocycles. The quantitative estimate of drug-likeness (QED) is 0.782. The maximum atomic E-state index is 12.1. The Balaban J connectivity index is 1.84. The molecule has 1 aromatic carbocycles. The molecule has 0 saturated carbocycles. The molecule has 1 amide bonds. The molecule has 3 aromatic rings. The van der Waals surface area contributed by atoms with E-state index in [1.165, 1.54) is 6.33 Å². The second kappa shape index (κ2) is 5.01. The topological polar surface area (TPSA) is 72.7 Å². The van der Waals surface area contributed by atoms with Crippen molar-refractivity contribution in [1.29, 1.82) is 0 Å². The minimum absolute atomic E-state index is 0.0443. The number of carbonyl (C=O) groups excluding carboxylic acids is 1. The maximum Gasteiger partial charge on any atom is 0.242 e. The summed E-state index contributed by atoms with van der Waals surface area (Å²) in [5.74, 6) is -0.0443. The first kappa shape index (κ1) is 13.6. The van der Waals surface area contributed by atoms with E-state index in [9.17, 15) is 4.79 Å². The third kappa shape index (κ3) is 2.19. The van der Waals surface area contributed by atoms with Crippen molar-refractivity contribution >= 4 is 5.91 Å². The van der Waals surface area contributed by atoms with Crippen LogP contribution in [0.1, 0.15) is 18.2 Å². The van der Waals surface area contributed by atoms with Gasteiger partial charge in [-0.3, -0.25) is 9.48 Å². The standard InChI is InChI=1S/C17H15N5O/c1-17(15-5-6-20-22(15)10-16(23)21-17)14-4-2-3-12(7-14)13-8-18-11-19-9-13/h2-9,11H,10H2,1H3,(H,21,23). The smallest absolute Gasteiger partial charge is 0.242 e. The van der Waals surface area contributed by atoms with Crippen molar-refractivity contribution in [2.75, 3.05) is 0 Å². The van der Waals surface area contributed by atoms with Gasteiger partial charge in [0.2, 0.25) is 5.91 Å². The van der Waals surface area contributed by atoms with Gasteiger partial charge in [-0.05, 0) is 30.2 Å². The lowest BCUT2D eigenvalue weighted by Gasteiger charge is -2.36. The van der Waals surface area contributed by atoms with Gasteiger partial charge in [0.25, 0.3) is 0 Å². The first-order valence-electron chi connectivity index (χ1n) is 7.36. The van der Waals surface area contributed by atoms with Crippen LogP contribution < -0.4 is 5.32 Å². The highest BCUT2D eigenvalue weighted by atomic mass is 16.2. The lowest BCUT2D eigenvalue weighted by Crippen LogP contribution is -2.51. The van der Waals surface area contributed by atoms with Crippen LogP contribution in [0.15, 0.2) is 55.2 Å². The molecule has 0 spiro atoms. The summed E-state index contributed by atoms with van der Waals surface area (Å²) in [6, 6.07) is 9.99. The number of hydrogen-bond donors (Lipinski definition) is 1. The number of aromatic nitrogens is 4. The molecule has 0 saturated heterocycles. The number of nitrogens with one attached hydrogen (secondary N) is 1. The van der Waals surface area contributed by atoms with Crippen molar-refractivity contribution in [2.45, 2.75) is 19.0 Å². The van der Waals surface area contributed by atoms with Crippen LogP contribution in [0.4, 0.5) is 0 Å². The van der Waals surface area contributed by atoms with Crippen LogP contribution in [-0.2, 0) is 16.9 Å². The van der Waals surface area contributed by atoms with Crippen LogP contribution >= 0.6 is 0 Å². The van der Waals surface area contributed by atoms with Crippen LogP contribution in [0.3, 0.4) is 0 Å². The Hall–Kier alpha value is -3.02. The molecular formula is C17H15N5O. The molecule has 1 N–H and O–H groups in total. The van der Waals surface area contributed by atoms with E-state index in [1.54, 1.807) is 23.3 Å². The zero-order valence-corrected chi connectivity index (χ0v) is 12.6. The van der Waals surface area contributed by atoms with Crippen LogP contribution in [0.2, 0.25) is 0 Å². The molecule has 1 unspecified atom stereocenters. The maximum absolute atomic E-state index is 12.1. The Morgan fingerprint density at radius 2 is 2.00 bits per heavy atom. The molecule has 3 heterocycles. The molecule has 1 aliphatic heterocycles. The number of rotatable bonds is 2. The van der Waals surface area contributed by atoms with Crippen molar-refractivity contribution in [1.82, 2.24) is 25.1 Å². The van der Waals surface area contributed by atoms with E-state index in [2.05, 4.69) is 26.4 Å². The van der Waals surface area contributed by atoms with Crippen LogP contribution in [0.25, 0.3) is 11.1 Å². The van der Waals surface area contributed by atoms with E-state index in [1.807, 2.05) is 31.2 Å². The van der Waals surface area contributed by atoms with Crippen LogP contribution in [-0.4, -0.2) is 25.7 Å². The number of carbonyl (C=O) groups is 1. The number of benzene rings is 1. The minimum Gasteiger partial charge on any atom is -0.340 e. The number of nitrogens with zero attached hydrogens (tertiary/aromatic N) is 4. The molecule has 1 aliphatic rings. The Kier molecular flexibility index (Phi) is 2.97. The second-order valence-electron chi connectivity index (χ2n) is 5.76. The van der Waals surface area contributed by atoms with E-state index >= 15 is 0 Å². The van der Waals surface area contributed by atoms with E-state index in [0.717, 1.165) is 22.4 Å². The lowest BCUT2D eigenvalue weighted by atomic mass is 9.85. The van der Waals surface area contributed by atoms with Gasteiger partial charge in [0.05, 0.1) is 5.69 Å². The Morgan fingerprint density at radius 3 is 2.83 bits per heavy atom. The normalized spacial score (nSPS) is 20.0. The summed E-state index contributed by atoms with van der Waals surface area (Å²) in [5.41, 5.74) is 3.30. The SMILES string of the molecule is CC1(c2cccc(-c3cncnc3)c2)NC(=O)Cn2nccc21. The van der Waals surface area contributed by atoms with Crippen molar-refractivity contribution in [3.63, 3.8) is 0 Å². The highest BCUT2D eigenvalue weighted by molar-refractivity contribution is 5.79. The zero-order chi connectivity index (χ0) is 15.9. The summed E-state index contributed by atoms with van der Waals surface area (Å²) in [4.78, 5) is 20.2. The fourth-order valence-corrected chi connectivity index (χ4v) is 3.08. The molecule has 0 aliphatic carbocycles. The van der Waals surface area contributed by atoms with Crippen molar-refractivity contribution < 1.29 is 4.79 Å². The average Bonchev–Trinajstić information content (AvgIpc) is 3.05. The monoisotopic (exact) mass is 305 g/mol. The summed E-state index contributed by atoms with van der Waals surface area (Å²) >= 11 is 0. The average molecular weight is 305 g/mol. The summed E-state index contributed by atoms with van der Waals surface area (Å²) in [6.07, 6.45) is 6.79. The van der Waals surface area contributed by atoms with Gasteiger partial charge in [-0.2, -0.15) is 5.10 Å². The number of hydrogen-bond acceptors (Lipinski definition) is 4.